The first-order valence-electron chi connectivity index (χ1n) is 5.87. The summed E-state index contributed by atoms with van der Waals surface area (Å²) in [6, 6.07) is 14.0. The van der Waals surface area contributed by atoms with Crippen molar-refractivity contribution in [2.45, 2.75) is 6.92 Å². The highest BCUT2D eigenvalue weighted by atomic mass is 16.3. The van der Waals surface area contributed by atoms with Crippen LogP contribution in [0.2, 0.25) is 0 Å². The normalized spacial score (nSPS) is 9.35. The molecule has 0 aliphatic rings. The maximum absolute atomic E-state index is 11.2. The van der Waals surface area contributed by atoms with Crippen LogP contribution in [0.5, 0.6) is 0 Å². The van der Waals surface area contributed by atoms with E-state index < -0.39 is 0 Å². The van der Waals surface area contributed by atoms with Gasteiger partial charge in [0.15, 0.2) is 5.78 Å². The Bertz CT molecular complexity index is 737. The molecule has 0 bridgehead atoms. The number of nitrogens with zero attached hydrogens (tertiary/aromatic N) is 2. The van der Waals surface area contributed by atoms with Gasteiger partial charge in [0.2, 0.25) is 0 Å². The van der Waals surface area contributed by atoms with Crippen molar-refractivity contribution >= 4 is 11.9 Å². The fraction of sp³-hybridized carbons (Fsp3) is 0.0625. The van der Waals surface area contributed by atoms with E-state index in [1.165, 1.54) is 13.0 Å². The number of furan rings is 1. The molecule has 0 saturated carbocycles. The maximum atomic E-state index is 11.2. The molecule has 2 aromatic rings. The average molecular weight is 262 g/mol. The molecule has 0 radical (unpaired) electrons. The Hall–Kier alpha value is -3.11. The van der Waals surface area contributed by atoms with Gasteiger partial charge in [0.1, 0.15) is 29.2 Å². The van der Waals surface area contributed by atoms with E-state index in [4.69, 9.17) is 14.9 Å². The minimum absolute atomic E-state index is 0.00676. The molecule has 4 heteroatoms. The van der Waals surface area contributed by atoms with Crippen LogP contribution in [0, 0.1) is 22.7 Å². The third-order valence-corrected chi connectivity index (χ3v) is 2.73. The zero-order valence-electron chi connectivity index (χ0n) is 10.8. The number of Topliss-reactive ketones (excluding diaryl/α,β-unsaturated/α-hetero) is 1. The first-order chi connectivity index (χ1) is 9.63. The number of rotatable bonds is 3. The second kappa shape index (κ2) is 5.69. The van der Waals surface area contributed by atoms with Gasteiger partial charge in [0.05, 0.1) is 0 Å². The molecule has 4 nitrogen and oxygen atoms in total. The molecular weight excluding hydrogens is 252 g/mol. The van der Waals surface area contributed by atoms with E-state index in [0.717, 1.165) is 5.56 Å². The lowest BCUT2D eigenvalue weighted by Gasteiger charge is -1.98. The van der Waals surface area contributed by atoms with E-state index in [-0.39, 0.29) is 11.4 Å². The fourth-order valence-corrected chi connectivity index (χ4v) is 1.69. The van der Waals surface area contributed by atoms with Crippen molar-refractivity contribution in [2.75, 3.05) is 0 Å². The van der Waals surface area contributed by atoms with Gasteiger partial charge in [-0.1, -0.05) is 24.3 Å². The number of nitriles is 2. The Morgan fingerprint density at radius 1 is 1.10 bits per heavy atom. The Kier molecular flexibility index (Phi) is 3.79. The van der Waals surface area contributed by atoms with E-state index in [1.54, 1.807) is 48.5 Å². The molecule has 2 rings (SSSR count). The van der Waals surface area contributed by atoms with E-state index in [2.05, 4.69) is 0 Å². The zero-order valence-corrected chi connectivity index (χ0v) is 10.8. The van der Waals surface area contributed by atoms with Crippen molar-refractivity contribution in [3.63, 3.8) is 0 Å². The Morgan fingerprint density at radius 2 is 1.75 bits per heavy atom. The number of allylic oxidation sites excluding steroid dienone is 1. The summed E-state index contributed by atoms with van der Waals surface area (Å²) >= 11 is 0. The van der Waals surface area contributed by atoms with Gasteiger partial charge in [0.25, 0.3) is 0 Å². The third-order valence-electron chi connectivity index (χ3n) is 2.73. The maximum Gasteiger partial charge on any atom is 0.159 e. The molecule has 0 unspecified atom stereocenters. The van der Waals surface area contributed by atoms with Crippen LogP contribution in [0.3, 0.4) is 0 Å². The summed E-state index contributed by atoms with van der Waals surface area (Å²) in [5, 5.41) is 17.4. The Balaban J connectivity index is 2.30. The summed E-state index contributed by atoms with van der Waals surface area (Å²) in [4.78, 5) is 11.2. The molecule has 0 fully saturated rings. The van der Waals surface area contributed by atoms with Gasteiger partial charge in [-0.15, -0.1) is 0 Å². The molecule has 0 N–H and O–H groups in total. The molecule has 0 atom stereocenters. The molecule has 0 spiro atoms. The summed E-state index contributed by atoms with van der Waals surface area (Å²) in [5.41, 5.74) is 1.44. The highest BCUT2D eigenvalue weighted by Crippen LogP contribution is 2.23. The van der Waals surface area contributed by atoms with Gasteiger partial charge in [-0.25, -0.2) is 0 Å². The minimum Gasteiger partial charge on any atom is -0.457 e. The van der Waals surface area contributed by atoms with Crippen LogP contribution in [-0.4, -0.2) is 5.78 Å². The largest absolute Gasteiger partial charge is 0.457 e. The molecule has 0 amide bonds. The van der Waals surface area contributed by atoms with Crippen LogP contribution in [0.1, 0.15) is 23.0 Å². The predicted molar refractivity (Wildman–Crippen MR) is 73.4 cm³/mol. The number of hydrogen-bond acceptors (Lipinski definition) is 4. The van der Waals surface area contributed by atoms with Crippen LogP contribution in [-0.2, 0) is 0 Å². The number of benzene rings is 1. The van der Waals surface area contributed by atoms with E-state index in [1.807, 2.05) is 0 Å². The van der Waals surface area contributed by atoms with Gasteiger partial charge < -0.3 is 4.42 Å². The molecule has 96 valence electrons. The highest BCUT2D eigenvalue weighted by Gasteiger charge is 2.05. The number of carbonyl (C=O) groups excluding carboxylic acids is 1. The smallest absolute Gasteiger partial charge is 0.159 e. The lowest BCUT2D eigenvalue weighted by molar-refractivity contribution is 0.101. The standard InChI is InChI=1S/C16H10N2O2/c1-11(19)13-2-4-14(5-3-13)16-7-6-15(20-16)8-12(9-17)10-18/h2-8H,1H3. The first-order valence-corrected chi connectivity index (χ1v) is 5.87. The van der Waals surface area contributed by atoms with E-state index in [9.17, 15) is 4.79 Å². The minimum atomic E-state index is -0.0159. The Labute approximate surface area is 116 Å². The molecule has 20 heavy (non-hydrogen) atoms. The van der Waals surface area contributed by atoms with Crippen molar-refractivity contribution < 1.29 is 9.21 Å². The first kappa shape index (κ1) is 13.3. The van der Waals surface area contributed by atoms with Crippen molar-refractivity contribution in [3.8, 4) is 23.5 Å². The van der Waals surface area contributed by atoms with E-state index in [0.29, 0.717) is 17.1 Å². The summed E-state index contributed by atoms with van der Waals surface area (Å²) in [7, 11) is 0. The van der Waals surface area contributed by atoms with Crippen LogP contribution in [0.15, 0.2) is 46.4 Å². The molecule has 1 aromatic heterocycles. The SMILES string of the molecule is CC(=O)c1ccc(-c2ccc(C=C(C#N)C#N)o2)cc1. The lowest BCUT2D eigenvalue weighted by atomic mass is 10.1. The summed E-state index contributed by atoms with van der Waals surface area (Å²) in [5.74, 6) is 1.06. The topological polar surface area (TPSA) is 77.8 Å². The van der Waals surface area contributed by atoms with Crippen LogP contribution in [0.25, 0.3) is 17.4 Å². The number of carbonyl (C=O) groups is 1. The zero-order chi connectivity index (χ0) is 14.5. The quantitative estimate of drug-likeness (QED) is 0.625. The molecule has 0 aliphatic carbocycles. The average Bonchev–Trinajstić information content (AvgIpc) is 2.93. The number of hydrogen-bond donors (Lipinski definition) is 0. The second-order valence-electron chi connectivity index (χ2n) is 4.12. The third kappa shape index (κ3) is 2.82. The monoisotopic (exact) mass is 262 g/mol. The van der Waals surface area contributed by atoms with Crippen molar-refractivity contribution in [1.82, 2.24) is 0 Å². The molecule has 1 heterocycles. The van der Waals surface area contributed by atoms with Gasteiger partial charge >= 0.3 is 0 Å². The molecular formula is C16H10N2O2. The second-order valence-corrected chi connectivity index (χ2v) is 4.12. The van der Waals surface area contributed by atoms with Gasteiger partial charge in [-0.3, -0.25) is 4.79 Å². The van der Waals surface area contributed by atoms with Crippen LogP contribution in [0.4, 0.5) is 0 Å². The Morgan fingerprint density at radius 3 is 2.30 bits per heavy atom. The summed E-state index contributed by atoms with van der Waals surface area (Å²) < 4.78 is 5.54. The molecule has 0 aliphatic heterocycles. The van der Waals surface area contributed by atoms with Crippen LogP contribution >= 0.6 is 0 Å². The molecule has 0 saturated heterocycles. The van der Waals surface area contributed by atoms with E-state index >= 15 is 0 Å². The summed E-state index contributed by atoms with van der Waals surface area (Å²) in [6.45, 7) is 1.51. The van der Waals surface area contributed by atoms with Crippen molar-refractivity contribution in [2.24, 2.45) is 0 Å². The van der Waals surface area contributed by atoms with Gasteiger partial charge in [-0.05, 0) is 19.1 Å². The van der Waals surface area contributed by atoms with Crippen molar-refractivity contribution in [1.29, 1.82) is 10.5 Å². The molecule has 1 aromatic carbocycles. The highest BCUT2D eigenvalue weighted by molar-refractivity contribution is 5.94. The fourth-order valence-electron chi connectivity index (χ4n) is 1.69. The van der Waals surface area contributed by atoms with Gasteiger partial charge in [-0.2, -0.15) is 10.5 Å². The lowest BCUT2D eigenvalue weighted by Crippen LogP contribution is -1.90. The van der Waals surface area contributed by atoms with Crippen LogP contribution < -0.4 is 0 Å². The van der Waals surface area contributed by atoms with Crippen molar-refractivity contribution in [3.05, 3.63) is 53.3 Å². The predicted octanol–water partition coefficient (Wildman–Crippen LogP) is 3.58. The number of ketones is 1. The summed E-state index contributed by atoms with van der Waals surface area (Å²) in [6.07, 6.45) is 1.38. The van der Waals surface area contributed by atoms with Gasteiger partial charge in [0, 0.05) is 17.2 Å².